The molecule has 144 valence electrons. The minimum Gasteiger partial charge on any atom is -0.497 e. The summed E-state index contributed by atoms with van der Waals surface area (Å²) in [7, 11) is 1.64. The first-order valence-corrected chi connectivity index (χ1v) is 8.92. The first-order chi connectivity index (χ1) is 14.0. The van der Waals surface area contributed by atoms with Crippen LogP contribution in [-0.2, 0) is 0 Å². The lowest BCUT2D eigenvalue weighted by atomic mass is 10.1. The van der Waals surface area contributed by atoms with E-state index in [1.807, 2.05) is 37.3 Å². The van der Waals surface area contributed by atoms with E-state index in [0.717, 1.165) is 33.8 Å². The van der Waals surface area contributed by atoms with Crippen LogP contribution in [0.3, 0.4) is 0 Å². The van der Waals surface area contributed by atoms with Crippen LogP contribution in [0.1, 0.15) is 15.9 Å². The van der Waals surface area contributed by atoms with E-state index < -0.39 is 5.97 Å². The summed E-state index contributed by atoms with van der Waals surface area (Å²) in [5.41, 5.74) is 5.36. The average molecular weight is 386 g/mol. The maximum Gasteiger partial charge on any atom is 0.335 e. The fourth-order valence-corrected chi connectivity index (χ4v) is 3.01. The zero-order chi connectivity index (χ0) is 20.4. The smallest absolute Gasteiger partial charge is 0.335 e. The van der Waals surface area contributed by atoms with Crippen molar-refractivity contribution in [2.45, 2.75) is 6.92 Å². The van der Waals surface area contributed by atoms with Crippen LogP contribution >= 0.6 is 0 Å². The van der Waals surface area contributed by atoms with Crippen molar-refractivity contribution in [3.05, 3.63) is 78.1 Å². The van der Waals surface area contributed by atoms with Gasteiger partial charge in [-0.1, -0.05) is 17.3 Å². The molecule has 0 aliphatic rings. The fraction of sp³-hybridized carbons (Fsp3) is 0.0909. The van der Waals surface area contributed by atoms with Crippen LogP contribution in [0.25, 0.3) is 28.2 Å². The lowest BCUT2D eigenvalue weighted by Crippen LogP contribution is -2.00. The number of aromatic nitrogens is 4. The average Bonchev–Trinajstić information content (AvgIpc) is 3.23. The van der Waals surface area contributed by atoms with Crippen molar-refractivity contribution in [2.24, 2.45) is 0 Å². The number of hydrogen-bond acceptors (Lipinski definition) is 5. The molecule has 2 aromatic heterocycles. The zero-order valence-corrected chi connectivity index (χ0v) is 15.9. The van der Waals surface area contributed by atoms with Gasteiger partial charge in [-0.2, -0.15) is 0 Å². The number of aryl methyl sites for hydroxylation is 1. The molecule has 0 fully saturated rings. The molecule has 0 saturated heterocycles. The molecule has 0 saturated carbocycles. The van der Waals surface area contributed by atoms with E-state index >= 15 is 0 Å². The lowest BCUT2D eigenvalue weighted by Gasteiger charge is -2.08. The molecule has 29 heavy (non-hydrogen) atoms. The third-order valence-corrected chi connectivity index (χ3v) is 4.64. The third-order valence-electron chi connectivity index (χ3n) is 4.64. The highest BCUT2D eigenvalue weighted by Crippen LogP contribution is 2.24. The van der Waals surface area contributed by atoms with Gasteiger partial charge in [0.15, 0.2) is 0 Å². The predicted octanol–water partition coefficient (Wildman–Crippen LogP) is 4.01. The SMILES string of the molecule is COc1ccc(-c2cc(C)c(-n3cc(-c4ccc(C(=O)O)cc4)nn3)cn2)cc1. The number of rotatable bonds is 5. The van der Waals surface area contributed by atoms with E-state index in [0.29, 0.717) is 5.69 Å². The Bertz CT molecular complexity index is 1170. The summed E-state index contributed by atoms with van der Waals surface area (Å²) in [4.78, 5) is 15.6. The van der Waals surface area contributed by atoms with Gasteiger partial charge in [0.25, 0.3) is 0 Å². The number of nitrogens with zero attached hydrogens (tertiary/aromatic N) is 4. The minimum absolute atomic E-state index is 0.232. The molecule has 0 spiro atoms. The Balaban J connectivity index is 1.61. The number of carboxylic acids is 1. The molecule has 2 heterocycles. The number of benzene rings is 2. The zero-order valence-electron chi connectivity index (χ0n) is 15.9. The van der Waals surface area contributed by atoms with Gasteiger partial charge in [-0.3, -0.25) is 4.98 Å². The summed E-state index contributed by atoms with van der Waals surface area (Å²) in [6.07, 6.45) is 3.56. The first-order valence-electron chi connectivity index (χ1n) is 8.92. The number of hydrogen-bond donors (Lipinski definition) is 1. The summed E-state index contributed by atoms with van der Waals surface area (Å²) < 4.78 is 6.86. The minimum atomic E-state index is -0.959. The standard InChI is InChI=1S/C22H18N4O3/c1-14-11-19(15-7-9-18(29-2)10-8-15)23-12-21(14)26-13-20(24-25-26)16-3-5-17(6-4-16)22(27)28/h3-13H,1-2H3,(H,27,28). The van der Waals surface area contributed by atoms with Gasteiger partial charge in [0.2, 0.25) is 0 Å². The van der Waals surface area contributed by atoms with Crippen LogP contribution in [0.15, 0.2) is 67.0 Å². The van der Waals surface area contributed by atoms with Crippen molar-refractivity contribution < 1.29 is 14.6 Å². The summed E-state index contributed by atoms with van der Waals surface area (Å²) in [5, 5.41) is 17.4. The Hall–Kier alpha value is -4.00. The number of aromatic carboxylic acids is 1. The maximum atomic E-state index is 11.0. The van der Waals surface area contributed by atoms with E-state index in [-0.39, 0.29) is 5.56 Å². The van der Waals surface area contributed by atoms with Gasteiger partial charge in [-0.25, -0.2) is 9.48 Å². The van der Waals surface area contributed by atoms with Gasteiger partial charge >= 0.3 is 5.97 Å². The summed E-state index contributed by atoms with van der Waals surface area (Å²) in [5.74, 6) is -0.160. The molecule has 1 N–H and O–H groups in total. The molecule has 7 heteroatoms. The van der Waals surface area contributed by atoms with Gasteiger partial charge in [0, 0.05) is 11.1 Å². The topological polar surface area (TPSA) is 90.1 Å². The molecular formula is C22H18N4O3. The van der Waals surface area contributed by atoms with Crippen molar-refractivity contribution in [3.63, 3.8) is 0 Å². The van der Waals surface area contributed by atoms with Crippen LogP contribution in [0.5, 0.6) is 5.75 Å². The van der Waals surface area contributed by atoms with E-state index in [4.69, 9.17) is 9.84 Å². The Morgan fingerprint density at radius 2 is 1.66 bits per heavy atom. The normalized spacial score (nSPS) is 10.7. The largest absolute Gasteiger partial charge is 0.497 e. The first kappa shape index (κ1) is 18.4. The highest BCUT2D eigenvalue weighted by atomic mass is 16.5. The lowest BCUT2D eigenvalue weighted by molar-refractivity contribution is 0.0697. The molecule has 0 aliphatic heterocycles. The van der Waals surface area contributed by atoms with Gasteiger partial charge in [-0.15, -0.1) is 5.10 Å². The molecule has 0 aliphatic carbocycles. The van der Waals surface area contributed by atoms with Crippen molar-refractivity contribution in [3.8, 4) is 34.0 Å². The van der Waals surface area contributed by atoms with Gasteiger partial charge in [-0.05, 0) is 55.0 Å². The second-order valence-electron chi connectivity index (χ2n) is 6.52. The number of carbonyl (C=O) groups is 1. The molecule has 4 aromatic rings. The summed E-state index contributed by atoms with van der Waals surface area (Å²) in [6, 6.07) is 16.3. The Morgan fingerprint density at radius 3 is 2.28 bits per heavy atom. The van der Waals surface area contributed by atoms with Crippen molar-refractivity contribution in [1.29, 1.82) is 0 Å². The van der Waals surface area contributed by atoms with E-state index in [1.54, 1.807) is 48.5 Å². The number of carboxylic acid groups (broad SMARTS) is 1. The summed E-state index contributed by atoms with van der Waals surface area (Å²) >= 11 is 0. The van der Waals surface area contributed by atoms with Gasteiger partial charge < -0.3 is 9.84 Å². The Morgan fingerprint density at radius 1 is 1.00 bits per heavy atom. The van der Waals surface area contributed by atoms with E-state index in [2.05, 4.69) is 15.3 Å². The van der Waals surface area contributed by atoms with E-state index in [1.165, 1.54) is 0 Å². The van der Waals surface area contributed by atoms with Crippen molar-refractivity contribution in [1.82, 2.24) is 20.0 Å². The van der Waals surface area contributed by atoms with Crippen LogP contribution in [0.2, 0.25) is 0 Å². The molecule has 2 aromatic carbocycles. The van der Waals surface area contributed by atoms with Crippen LogP contribution in [-0.4, -0.2) is 38.2 Å². The van der Waals surface area contributed by atoms with E-state index in [9.17, 15) is 4.79 Å². The quantitative estimate of drug-likeness (QED) is 0.557. The summed E-state index contributed by atoms with van der Waals surface area (Å²) in [6.45, 7) is 1.99. The second kappa shape index (κ2) is 7.55. The second-order valence-corrected chi connectivity index (χ2v) is 6.52. The van der Waals surface area contributed by atoms with Crippen LogP contribution < -0.4 is 4.74 Å². The molecule has 0 bridgehead atoms. The number of ether oxygens (including phenoxy) is 1. The predicted molar refractivity (Wildman–Crippen MR) is 108 cm³/mol. The highest BCUT2D eigenvalue weighted by Gasteiger charge is 2.10. The van der Waals surface area contributed by atoms with Crippen molar-refractivity contribution >= 4 is 5.97 Å². The maximum absolute atomic E-state index is 11.0. The van der Waals surface area contributed by atoms with Crippen molar-refractivity contribution in [2.75, 3.05) is 7.11 Å². The number of methoxy groups -OCH3 is 1. The monoisotopic (exact) mass is 386 g/mol. The van der Waals surface area contributed by atoms with Gasteiger partial charge in [0.1, 0.15) is 11.4 Å². The molecule has 7 nitrogen and oxygen atoms in total. The molecule has 0 radical (unpaired) electrons. The van der Waals surface area contributed by atoms with Crippen LogP contribution in [0.4, 0.5) is 0 Å². The third kappa shape index (κ3) is 3.70. The van der Waals surface area contributed by atoms with Gasteiger partial charge in [0.05, 0.1) is 36.4 Å². The number of pyridine rings is 1. The molecule has 0 unspecified atom stereocenters. The molecule has 0 amide bonds. The van der Waals surface area contributed by atoms with Crippen LogP contribution in [0, 0.1) is 6.92 Å². The molecule has 4 rings (SSSR count). The Labute approximate surface area is 167 Å². The molecule has 0 atom stereocenters. The molecular weight excluding hydrogens is 368 g/mol. The fourth-order valence-electron chi connectivity index (χ4n) is 3.01. The Kier molecular flexibility index (Phi) is 4.78. The highest BCUT2D eigenvalue weighted by molar-refractivity contribution is 5.88.